The molecule has 1 aromatic carbocycles. The average Bonchev–Trinajstić information content (AvgIpc) is 2.05. The third-order valence-electron chi connectivity index (χ3n) is 1.25. The molecule has 0 spiro atoms. The lowest BCUT2D eigenvalue weighted by Gasteiger charge is -2.01. The molecule has 3 nitrogen and oxygen atoms in total. The molecule has 0 radical (unpaired) electrons. The van der Waals surface area contributed by atoms with E-state index in [-0.39, 0.29) is 0 Å². The number of anilines is 1. The Labute approximate surface area is 72.9 Å². The predicted molar refractivity (Wildman–Crippen MR) is 46.7 cm³/mol. The molecule has 3 N–H and O–H groups in total. The van der Waals surface area contributed by atoms with Gasteiger partial charge in [0.05, 0.1) is 17.3 Å². The molecule has 4 heteroatoms. The summed E-state index contributed by atoms with van der Waals surface area (Å²) in [5.41, 5.74) is 3.77. The Hall–Kier alpha value is -1.05. The zero-order valence-electron chi connectivity index (χ0n) is 5.63. The van der Waals surface area contributed by atoms with E-state index in [1.807, 2.05) is 6.07 Å². The number of halogens is 1. The fourth-order valence-corrected chi connectivity index (χ4v) is 1.07. The quantitative estimate of drug-likeness (QED) is 0.549. The van der Waals surface area contributed by atoms with Crippen molar-refractivity contribution in [1.82, 2.24) is 0 Å². The van der Waals surface area contributed by atoms with E-state index in [0.29, 0.717) is 11.3 Å². The molecule has 0 amide bonds. The fourth-order valence-electron chi connectivity index (χ4n) is 0.705. The molecule has 0 unspecified atom stereocenters. The summed E-state index contributed by atoms with van der Waals surface area (Å²) in [5, 5.41) is 8.51. The van der Waals surface area contributed by atoms with Crippen molar-refractivity contribution in [3.63, 3.8) is 0 Å². The summed E-state index contributed by atoms with van der Waals surface area (Å²) < 4.78 is 0.846. The highest BCUT2D eigenvalue weighted by molar-refractivity contribution is 9.10. The van der Waals surface area contributed by atoms with Crippen LogP contribution < -0.4 is 11.3 Å². The molecule has 0 aliphatic carbocycles. The van der Waals surface area contributed by atoms with E-state index >= 15 is 0 Å². The van der Waals surface area contributed by atoms with Crippen LogP contribution in [0, 0.1) is 11.3 Å². The number of benzene rings is 1. The maximum Gasteiger partial charge on any atom is 0.0992 e. The van der Waals surface area contributed by atoms with E-state index in [2.05, 4.69) is 21.4 Å². The number of nitriles is 1. The third-order valence-corrected chi connectivity index (χ3v) is 1.94. The molecule has 0 saturated heterocycles. The van der Waals surface area contributed by atoms with Crippen LogP contribution in [0.4, 0.5) is 5.69 Å². The summed E-state index contributed by atoms with van der Waals surface area (Å²) in [6.45, 7) is 0. The van der Waals surface area contributed by atoms with E-state index in [1.165, 1.54) is 0 Å². The van der Waals surface area contributed by atoms with Crippen molar-refractivity contribution >= 4 is 21.6 Å². The molecule has 0 aliphatic rings. The van der Waals surface area contributed by atoms with Crippen LogP contribution in [0.15, 0.2) is 22.7 Å². The Kier molecular flexibility index (Phi) is 2.47. The molecule has 0 aliphatic heterocycles. The van der Waals surface area contributed by atoms with Gasteiger partial charge in [-0.25, -0.2) is 0 Å². The Morgan fingerprint density at radius 2 is 2.27 bits per heavy atom. The summed E-state index contributed by atoms with van der Waals surface area (Å²) in [6.07, 6.45) is 0. The van der Waals surface area contributed by atoms with Crippen molar-refractivity contribution in [3.8, 4) is 6.07 Å². The van der Waals surface area contributed by atoms with Gasteiger partial charge in [-0.05, 0) is 34.1 Å². The Bertz CT molecular complexity index is 303. The second kappa shape index (κ2) is 3.37. The van der Waals surface area contributed by atoms with Gasteiger partial charge in [0.1, 0.15) is 0 Å². The average molecular weight is 212 g/mol. The first-order valence-corrected chi connectivity index (χ1v) is 3.73. The molecule has 56 valence electrons. The number of rotatable bonds is 1. The lowest BCUT2D eigenvalue weighted by Crippen LogP contribution is -2.07. The van der Waals surface area contributed by atoms with Gasteiger partial charge >= 0.3 is 0 Å². The molecule has 0 atom stereocenters. The van der Waals surface area contributed by atoms with Gasteiger partial charge in [0.2, 0.25) is 0 Å². The maximum absolute atomic E-state index is 8.51. The van der Waals surface area contributed by atoms with Crippen LogP contribution >= 0.6 is 15.9 Å². The highest BCUT2D eigenvalue weighted by Crippen LogP contribution is 2.21. The van der Waals surface area contributed by atoms with Gasteiger partial charge < -0.3 is 5.43 Å². The highest BCUT2D eigenvalue weighted by atomic mass is 79.9. The third kappa shape index (κ3) is 1.70. The smallest absolute Gasteiger partial charge is 0.0992 e. The molecular formula is C7H6BrN3. The van der Waals surface area contributed by atoms with E-state index in [1.54, 1.807) is 18.2 Å². The molecule has 0 bridgehead atoms. The fraction of sp³-hybridized carbons (Fsp3) is 0. The Morgan fingerprint density at radius 3 is 2.82 bits per heavy atom. The van der Waals surface area contributed by atoms with Crippen molar-refractivity contribution in [1.29, 1.82) is 5.26 Å². The van der Waals surface area contributed by atoms with Crippen molar-refractivity contribution in [3.05, 3.63) is 28.2 Å². The van der Waals surface area contributed by atoms with Gasteiger partial charge in [0.15, 0.2) is 0 Å². The number of hydrogen-bond acceptors (Lipinski definition) is 3. The molecule has 0 fully saturated rings. The maximum atomic E-state index is 8.51. The monoisotopic (exact) mass is 211 g/mol. The number of hydrogen-bond donors (Lipinski definition) is 2. The lowest BCUT2D eigenvalue weighted by atomic mass is 10.2. The molecule has 1 rings (SSSR count). The van der Waals surface area contributed by atoms with E-state index in [9.17, 15) is 0 Å². The van der Waals surface area contributed by atoms with Crippen molar-refractivity contribution in [2.45, 2.75) is 0 Å². The SMILES string of the molecule is N#Cc1ccc(Br)c(NN)c1. The van der Waals surface area contributed by atoms with Gasteiger partial charge in [-0.2, -0.15) is 5.26 Å². The minimum absolute atomic E-state index is 0.584. The zero-order chi connectivity index (χ0) is 8.27. The topological polar surface area (TPSA) is 61.8 Å². The molecule has 0 heterocycles. The summed E-state index contributed by atoms with van der Waals surface area (Å²) in [4.78, 5) is 0. The number of nitrogens with zero attached hydrogens (tertiary/aromatic N) is 1. The van der Waals surface area contributed by atoms with Gasteiger partial charge in [-0.1, -0.05) is 0 Å². The summed E-state index contributed by atoms with van der Waals surface area (Å²) in [7, 11) is 0. The predicted octanol–water partition coefficient (Wildman–Crippen LogP) is 1.61. The second-order valence-corrected chi connectivity index (χ2v) is 2.81. The van der Waals surface area contributed by atoms with Crippen LogP contribution in [0.2, 0.25) is 0 Å². The van der Waals surface area contributed by atoms with Crippen LogP contribution in [-0.4, -0.2) is 0 Å². The Morgan fingerprint density at radius 1 is 1.55 bits per heavy atom. The Balaban J connectivity index is 3.15. The minimum atomic E-state index is 0.584. The molecule has 0 saturated carbocycles. The van der Waals surface area contributed by atoms with Gasteiger partial charge in [-0.15, -0.1) is 0 Å². The second-order valence-electron chi connectivity index (χ2n) is 1.95. The van der Waals surface area contributed by atoms with E-state index in [4.69, 9.17) is 11.1 Å². The van der Waals surface area contributed by atoms with Crippen LogP contribution in [0.5, 0.6) is 0 Å². The van der Waals surface area contributed by atoms with Crippen LogP contribution in [0.3, 0.4) is 0 Å². The van der Waals surface area contributed by atoms with Gasteiger partial charge in [0.25, 0.3) is 0 Å². The number of hydrazine groups is 1. The zero-order valence-corrected chi connectivity index (χ0v) is 7.22. The summed E-state index contributed by atoms with van der Waals surface area (Å²) in [5.74, 6) is 5.18. The number of nitrogens with one attached hydrogen (secondary N) is 1. The highest BCUT2D eigenvalue weighted by Gasteiger charge is 1.97. The number of nitrogens with two attached hydrogens (primary N) is 1. The minimum Gasteiger partial charge on any atom is -0.323 e. The first kappa shape index (κ1) is 8.05. The first-order chi connectivity index (χ1) is 5.27. The van der Waals surface area contributed by atoms with Crippen LogP contribution in [0.25, 0.3) is 0 Å². The number of nitrogen functional groups attached to an aromatic ring is 1. The normalized spacial score (nSPS) is 8.82. The first-order valence-electron chi connectivity index (χ1n) is 2.94. The van der Waals surface area contributed by atoms with Gasteiger partial charge in [0, 0.05) is 4.47 Å². The summed E-state index contributed by atoms with van der Waals surface area (Å²) in [6, 6.07) is 7.17. The van der Waals surface area contributed by atoms with Crippen molar-refractivity contribution < 1.29 is 0 Å². The van der Waals surface area contributed by atoms with Crippen LogP contribution in [0.1, 0.15) is 5.56 Å². The van der Waals surface area contributed by atoms with E-state index in [0.717, 1.165) is 4.47 Å². The van der Waals surface area contributed by atoms with Crippen LogP contribution in [-0.2, 0) is 0 Å². The van der Waals surface area contributed by atoms with Crippen molar-refractivity contribution in [2.24, 2.45) is 5.84 Å². The summed E-state index contributed by atoms with van der Waals surface area (Å²) >= 11 is 3.27. The van der Waals surface area contributed by atoms with Gasteiger partial charge in [-0.3, -0.25) is 5.84 Å². The largest absolute Gasteiger partial charge is 0.323 e. The van der Waals surface area contributed by atoms with E-state index < -0.39 is 0 Å². The standard InChI is InChI=1S/C7H6BrN3/c8-6-2-1-5(4-9)3-7(6)11-10/h1-3,11H,10H2. The molecule has 1 aromatic rings. The molecule has 0 aromatic heterocycles. The lowest BCUT2D eigenvalue weighted by molar-refractivity contribution is 1.33. The molecular weight excluding hydrogens is 206 g/mol. The van der Waals surface area contributed by atoms with Crippen molar-refractivity contribution in [2.75, 3.05) is 5.43 Å². The molecule has 11 heavy (non-hydrogen) atoms.